The monoisotopic (exact) mass is 259 g/mol. The highest BCUT2D eigenvalue weighted by Crippen LogP contribution is 2.43. The van der Waals surface area contributed by atoms with Gasteiger partial charge in [-0.05, 0) is 12.8 Å². The second-order valence-corrected chi connectivity index (χ2v) is 4.83. The molecule has 0 aliphatic heterocycles. The molecule has 0 amide bonds. The molecular weight excluding hydrogens is 242 g/mol. The molecule has 0 aromatic heterocycles. The number of rotatable bonds is 4. The lowest BCUT2D eigenvalue weighted by molar-refractivity contribution is -0.163. The topological polar surface area (TPSA) is 70.3 Å². The van der Waals surface area contributed by atoms with E-state index in [2.05, 4.69) is 6.07 Å². The van der Waals surface area contributed by atoms with E-state index < -0.39 is 18.2 Å². The Bertz CT molecular complexity index is 474. The normalized spacial score (nSPS) is 18.5. The number of carbonyl (C=O) groups is 1. The van der Waals surface area contributed by atoms with Gasteiger partial charge in [0.05, 0.1) is 0 Å². The van der Waals surface area contributed by atoms with Gasteiger partial charge in [0.1, 0.15) is 12.7 Å². The summed E-state index contributed by atoms with van der Waals surface area (Å²) in [5.41, 5.74) is -0.580. The van der Waals surface area contributed by atoms with Crippen LogP contribution in [0.1, 0.15) is 31.2 Å². The molecule has 1 aliphatic carbocycles. The van der Waals surface area contributed by atoms with Crippen LogP contribution in [0.4, 0.5) is 0 Å². The fourth-order valence-electron chi connectivity index (χ4n) is 2.79. The quantitative estimate of drug-likeness (QED) is 0.841. The number of carbonyl (C=O) groups excluding carboxylic acids is 1. The zero-order chi connectivity index (χ0) is 13.7. The summed E-state index contributed by atoms with van der Waals surface area (Å²) in [5.74, 6) is -0.757. The standard InChI is InChI=1S/C15H17NO3/c16-11-15(19-14(18)10-17,13-8-4-5-9-13)12-6-2-1-3-7-12/h1-3,6-7,13,17H,4-5,8-10H2/t15-/m1/s1. The second-order valence-electron chi connectivity index (χ2n) is 4.83. The molecule has 1 aliphatic rings. The van der Waals surface area contributed by atoms with Crippen molar-refractivity contribution in [3.05, 3.63) is 35.9 Å². The number of ether oxygens (including phenoxy) is 1. The van der Waals surface area contributed by atoms with Crippen LogP contribution >= 0.6 is 0 Å². The van der Waals surface area contributed by atoms with Crippen LogP contribution in [0.25, 0.3) is 0 Å². The van der Waals surface area contributed by atoms with Crippen LogP contribution in [-0.2, 0) is 15.1 Å². The molecule has 4 nitrogen and oxygen atoms in total. The molecule has 1 atom stereocenters. The molecule has 0 heterocycles. The van der Waals surface area contributed by atoms with Gasteiger partial charge in [0, 0.05) is 11.5 Å². The average molecular weight is 259 g/mol. The van der Waals surface area contributed by atoms with Crippen molar-refractivity contribution in [1.82, 2.24) is 0 Å². The van der Waals surface area contributed by atoms with E-state index in [0.717, 1.165) is 25.7 Å². The first-order chi connectivity index (χ1) is 9.23. The van der Waals surface area contributed by atoms with Crippen LogP contribution in [0.2, 0.25) is 0 Å². The van der Waals surface area contributed by atoms with E-state index >= 15 is 0 Å². The summed E-state index contributed by atoms with van der Waals surface area (Å²) in [5, 5.41) is 18.5. The summed E-state index contributed by atoms with van der Waals surface area (Å²) in [7, 11) is 0. The third-order valence-corrected chi connectivity index (χ3v) is 3.70. The number of esters is 1. The predicted molar refractivity (Wildman–Crippen MR) is 68.9 cm³/mol. The highest BCUT2D eigenvalue weighted by Gasteiger charge is 2.45. The first kappa shape index (κ1) is 13.6. The molecule has 1 aromatic rings. The van der Waals surface area contributed by atoms with Crippen molar-refractivity contribution in [1.29, 1.82) is 5.26 Å². The minimum Gasteiger partial charge on any atom is -0.437 e. The maximum Gasteiger partial charge on any atom is 0.333 e. The first-order valence-electron chi connectivity index (χ1n) is 6.52. The summed E-state index contributed by atoms with van der Waals surface area (Å²) in [6.45, 7) is -0.705. The number of nitrogens with zero attached hydrogens (tertiary/aromatic N) is 1. The molecule has 1 N–H and O–H groups in total. The molecule has 0 bridgehead atoms. The molecule has 100 valence electrons. The van der Waals surface area contributed by atoms with Gasteiger partial charge in [0.25, 0.3) is 0 Å². The van der Waals surface area contributed by atoms with Gasteiger partial charge in [0.15, 0.2) is 0 Å². The molecule has 0 radical (unpaired) electrons. The van der Waals surface area contributed by atoms with E-state index in [1.165, 1.54) is 0 Å². The summed E-state index contributed by atoms with van der Waals surface area (Å²) in [6, 6.07) is 11.3. The Labute approximate surface area is 112 Å². The molecule has 1 saturated carbocycles. The number of hydrogen-bond donors (Lipinski definition) is 1. The van der Waals surface area contributed by atoms with Gasteiger partial charge >= 0.3 is 5.97 Å². The maximum atomic E-state index is 11.5. The lowest BCUT2D eigenvalue weighted by atomic mass is 9.81. The van der Waals surface area contributed by atoms with Crippen molar-refractivity contribution in [3.8, 4) is 6.07 Å². The Morgan fingerprint density at radius 1 is 1.37 bits per heavy atom. The Morgan fingerprint density at radius 2 is 2.00 bits per heavy atom. The second kappa shape index (κ2) is 5.85. The van der Waals surface area contributed by atoms with Crippen LogP contribution < -0.4 is 0 Å². The van der Waals surface area contributed by atoms with Gasteiger partial charge in [-0.25, -0.2) is 4.79 Å². The third-order valence-electron chi connectivity index (χ3n) is 3.70. The minimum atomic E-state index is -1.27. The van der Waals surface area contributed by atoms with Gasteiger partial charge in [-0.15, -0.1) is 0 Å². The molecule has 1 aromatic carbocycles. The SMILES string of the molecule is N#C[C@@](OC(=O)CO)(c1ccccc1)C1CCCC1. The highest BCUT2D eigenvalue weighted by atomic mass is 16.6. The van der Waals surface area contributed by atoms with Crippen molar-refractivity contribution in [2.75, 3.05) is 6.61 Å². The first-order valence-corrected chi connectivity index (χ1v) is 6.52. The van der Waals surface area contributed by atoms with Crippen molar-refractivity contribution in [2.45, 2.75) is 31.3 Å². The summed E-state index contributed by atoms with van der Waals surface area (Å²) >= 11 is 0. The van der Waals surface area contributed by atoms with Gasteiger partial charge in [-0.3, -0.25) is 0 Å². The number of aliphatic hydroxyl groups is 1. The van der Waals surface area contributed by atoms with Crippen LogP contribution in [0.15, 0.2) is 30.3 Å². The van der Waals surface area contributed by atoms with E-state index in [1.54, 1.807) is 12.1 Å². The summed E-state index contributed by atoms with van der Waals surface area (Å²) < 4.78 is 5.36. The fraction of sp³-hybridized carbons (Fsp3) is 0.467. The largest absolute Gasteiger partial charge is 0.437 e. The van der Waals surface area contributed by atoms with Gasteiger partial charge in [-0.1, -0.05) is 43.2 Å². The Hall–Kier alpha value is -1.86. The summed E-state index contributed by atoms with van der Waals surface area (Å²) in [6.07, 6.45) is 3.80. The highest BCUT2D eigenvalue weighted by molar-refractivity contribution is 5.71. The van der Waals surface area contributed by atoms with Crippen LogP contribution in [0, 0.1) is 17.2 Å². The van der Waals surface area contributed by atoms with Crippen LogP contribution in [0.5, 0.6) is 0 Å². The van der Waals surface area contributed by atoms with Crippen molar-refractivity contribution in [2.24, 2.45) is 5.92 Å². The maximum absolute atomic E-state index is 11.5. The van der Waals surface area contributed by atoms with Crippen molar-refractivity contribution in [3.63, 3.8) is 0 Å². The Balaban J connectivity index is 2.41. The average Bonchev–Trinajstić information content (AvgIpc) is 3.00. The van der Waals surface area contributed by atoms with Gasteiger partial charge in [-0.2, -0.15) is 5.26 Å². The van der Waals surface area contributed by atoms with Gasteiger partial charge in [0.2, 0.25) is 5.60 Å². The molecule has 1 fully saturated rings. The van der Waals surface area contributed by atoms with E-state index in [0.29, 0.717) is 5.56 Å². The zero-order valence-electron chi connectivity index (χ0n) is 10.7. The molecule has 0 spiro atoms. The molecule has 2 rings (SSSR count). The molecule has 19 heavy (non-hydrogen) atoms. The Morgan fingerprint density at radius 3 is 2.53 bits per heavy atom. The molecule has 0 unspecified atom stereocenters. The van der Waals surface area contributed by atoms with E-state index in [1.807, 2.05) is 18.2 Å². The molecule has 0 saturated heterocycles. The van der Waals surface area contributed by atoms with Crippen molar-refractivity contribution >= 4 is 5.97 Å². The van der Waals surface area contributed by atoms with Gasteiger partial charge < -0.3 is 9.84 Å². The zero-order valence-corrected chi connectivity index (χ0v) is 10.7. The van der Waals surface area contributed by atoms with E-state index in [4.69, 9.17) is 9.84 Å². The lowest BCUT2D eigenvalue weighted by Gasteiger charge is -2.32. The van der Waals surface area contributed by atoms with E-state index in [-0.39, 0.29) is 5.92 Å². The fourth-order valence-corrected chi connectivity index (χ4v) is 2.79. The lowest BCUT2D eigenvalue weighted by Crippen LogP contribution is -2.38. The van der Waals surface area contributed by atoms with Crippen LogP contribution in [-0.4, -0.2) is 17.7 Å². The predicted octanol–water partition coefficient (Wildman–Crippen LogP) is 2.13. The van der Waals surface area contributed by atoms with Crippen molar-refractivity contribution < 1.29 is 14.6 Å². The third kappa shape index (κ3) is 2.61. The number of benzene rings is 1. The smallest absolute Gasteiger partial charge is 0.333 e. The molecular formula is C15H17NO3. The summed E-state index contributed by atoms with van der Waals surface area (Å²) in [4.78, 5) is 11.5. The van der Waals surface area contributed by atoms with E-state index in [9.17, 15) is 10.1 Å². The molecule has 4 heteroatoms. The number of nitriles is 1. The minimum absolute atomic E-state index is 0.00426. The van der Waals surface area contributed by atoms with Crippen LogP contribution in [0.3, 0.4) is 0 Å². The number of aliphatic hydroxyl groups excluding tert-OH is 1. The Kier molecular flexibility index (Phi) is 4.18. The number of hydrogen-bond acceptors (Lipinski definition) is 4.